The van der Waals surface area contributed by atoms with Crippen molar-refractivity contribution in [1.29, 1.82) is 0 Å². The smallest absolute Gasteiger partial charge is 0.330 e. The minimum absolute atomic E-state index is 0.295. The molecule has 1 atom stereocenters. The van der Waals surface area contributed by atoms with Crippen LogP contribution in [0.5, 0.6) is 0 Å². The lowest BCUT2D eigenvalue weighted by Gasteiger charge is -2.23. The molecule has 1 aromatic heterocycles. The van der Waals surface area contributed by atoms with Crippen molar-refractivity contribution in [2.45, 2.75) is 44.7 Å². The zero-order chi connectivity index (χ0) is 15.7. The average molecular weight is 295 g/mol. The third-order valence-corrected chi connectivity index (χ3v) is 3.35. The molecule has 0 saturated heterocycles. The molecule has 116 valence electrons. The lowest BCUT2D eigenvalue weighted by Crippen LogP contribution is -2.39. The maximum absolute atomic E-state index is 11.6. The summed E-state index contributed by atoms with van der Waals surface area (Å²) in [6.07, 6.45) is 10.8. The summed E-state index contributed by atoms with van der Waals surface area (Å²) in [7, 11) is 1.24. The molecule has 0 radical (unpaired) electrons. The number of unbranched alkanes of at least 4 members (excludes halogenated alkanes) is 3. The van der Waals surface area contributed by atoms with Crippen molar-refractivity contribution in [3.8, 4) is 0 Å². The SMILES string of the molecule is CCCCCCC(C=CC(=O)OC)(n1ccnc1)[N+](=O)[O-]. The van der Waals surface area contributed by atoms with Crippen molar-refractivity contribution in [2.75, 3.05) is 7.11 Å². The molecule has 0 N–H and O–H groups in total. The number of nitrogens with zero attached hydrogens (tertiary/aromatic N) is 3. The molecule has 0 aliphatic heterocycles. The number of carbonyl (C=O) groups excluding carboxylic acids is 1. The molecule has 0 aliphatic rings. The largest absolute Gasteiger partial charge is 0.466 e. The number of nitro groups is 1. The van der Waals surface area contributed by atoms with Crippen LogP contribution in [0.3, 0.4) is 0 Å². The van der Waals surface area contributed by atoms with E-state index in [2.05, 4.69) is 16.6 Å². The van der Waals surface area contributed by atoms with E-state index in [0.717, 1.165) is 25.3 Å². The van der Waals surface area contributed by atoms with Gasteiger partial charge in [-0.25, -0.2) is 9.78 Å². The Morgan fingerprint density at radius 2 is 2.24 bits per heavy atom. The van der Waals surface area contributed by atoms with Gasteiger partial charge in [-0.1, -0.05) is 26.2 Å². The van der Waals surface area contributed by atoms with Gasteiger partial charge in [0.15, 0.2) is 0 Å². The molecule has 21 heavy (non-hydrogen) atoms. The summed E-state index contributed by atoms with van der Waals surface area (Å²) in [5.41, 5.74) is -1.50. The minimum Gasteiger partial charge on any atom is -0.466 e. The maximum Gasteiger partial charge on any atom is 0.330 e. The van der Waals surface area contributed by atoms with Crippen LogP contribution in [0.2, 0.25) is 0 Å². The van der Waals surface area contributed by atoms with Crippen LogP contribution in [0.15, 0.2) is 30.9 Å². The number of hydrogen-bond acceptors (Lipinski definition) is 5. The van der Waals surface area contributed by atoms with Crippen LogP contribution >= 0.6 is 0 Å². The highest BCUT2D eigenvalue weighted by molar-refractivity contribution is 5.81. The molecule has 0 fully saturated rings. The van der Waals surface area contributed by atoms with E-state index in [0.29, 0.717) is 12.8 Å². The van der Waals surface area contributed by atoms with Gasteiger partial charge in [-0.3, -0.25) is 14.7 Å². The first-order chi connectivity index (χ1) is 10.1. The zero-order valence-electron chi connectivity index (χ0n) is 12.4. The van der Waals surface area contributed by atoms with Crippen molar-refractivity contribution in [1.82, 2.24) is 9.55 Å². The summed E-state index contributed by atoms with van der Waals surface area (Å²) in [6.45, 7) is 2.08. The second-order valence-corrected chi connectivity index (χ2v) is 4.77. The van der Waals surface area contributed by atoms with E-state index in [1.54, 1.807) is 0 Å². The molecule has 1 unspecified atom stereocenters. The first kappa shape index (κ1) is 16.9. The first-order valence-corrected chi connectivity index (χ1v) is 6.97. The Bertz CT molecular complexity index is 484. The quantitative estimate of drug-likeness (QED) is 0.230. The van der Waals surface area contributed by atoms with E-state index in [9.17, 15) is 14.9 Å². The van der Waals surface area contributed by atoms with Gasteiger partial charge in [-0.05, 0) is 6.42 Å². The summed E-state index contributed by atoms with van der Waals surface area (Å²) in [6, 6.07) is 0. The van der Waals surface area contributed by atoms with Crippen molar-refractivity contribution in [3.05, 3.63) is 41.0 Å². The molecular formula is C14H21N3O4. The number of esters is 1. The Morgan fingerprint density at radius 1 is 1.48 bits per heavy atom. The van der Waals surface area contributed by atoms with Crippen LogP contribution in [0.4, 0.5) is 0 Å². The van der Waals surface area contributed by atoms with E-state index in [-0.39, 0.29) is 4.92 Å². The van der Waals surface area contributed by atoms with Gasteiger partial charge in [0.2, 0.25) is 0 Å². The number of imidazole rings is 1. The zero-order valence-corrected chi connectivity index (χ0v) is 12.4. The van der Waals surface area contributed by atoms with E-state index < -0.39 is 11.6 Å². The van der Waals surface area contributed by atoms with Gasteiger partial charge in [0.05, 0.1) is 12.0 Å². The van der Waals surface area contributed by atoms with Gasteiger partial charge < -0.3 is 4.74 Å². The third kappa shape index (κ3) is 4.40. The molecular weight excluding hydrogens is 274 g/mol. The third-order valence-electron chi connectivity index (χ3n) is 3.35. The maximum atomic E-state index is 11.6. The molecule has 7 nitrogen and oxygen atoms in total. The van der Waals surface area contributed by atoms with Crippen LogP contribution < -0.4 is 0 Å². The summed E-state index contributed by atoms with van der Waals surface area (Å²) >= 11 is 0. The highest BCUT2D eigenvalue weighted by Crippen LogP contribution is 2.27. The van der Waals surface area contributed by atoms with Gasteiger partial charge in [0, 0.05) is 31.0 Å². The molecule has 0 amide bonds. The van der Waals surface area contributed by atoms with E-state index >= 15 is 0 Å². The fraction of sp³-hybridized carbons (Fsp3) is 0.571. The van der Waals surface area contributed by atoms with E-state index in [1.807, 2.05) is 0 Å². The highest BCUT2D eigenvalue weighted by Gasteiger charge is 2.41. The molecule has 1 heterocycles. The van der Waals surface area contributed by atoms with E-state index in [4.69, 9.17) is 0 Å². The fourth-order valence-corrected chi connectivity index (χ4v) is 2.11. The summed E-state index contributed by atoms with van der Waals surface area (Å²) in [5.74, 6) is -0.616. The minimum atomic E-state index is -1.50. The molecule has 1 aromatic rings. The molecule has 0 aromatic carbocycles. The van der Waals surface area contributed by atoms with Crippen LogP contribution in [-0.4, -0.2) is 27.6 Å². The average Bonchev–Trinajstić information content (AvgIpc) is 3.00. The summed E-state index contributed by atoms with van der Waals surface area (Å²) < 4.78 is 5.93. The monoisotopic (exact) mass is 295 g/mol. The topological polar surface area (TPSA) is 87.3 Å². The van der Waals surface area contributed by atoms with Crippen molar-refractivity contribution in [2.24, 2.45) is 0 Å². The predicted octanol–water partition coefficient (Wildman–Crippen LogP) is 2.51. The van der Waals surface area contributed by atoms with Crippen LogP contribution in [0.25, 0.3) is 0 Å². The lowest BCUT2D eigenvalue weighted by atomic mass is 10.0. The van der Waals surface area contributed by atoms with Gasteiger partial charge in [-0.15, -0.1) is 0 Å². The molecule has 0 spiro atoms. The van der Waals surface area contributed by atoms with Crippen molar-refractivity contribution < 1.29 is 14.5 Å². The van der Waals surface area contributed by atoms with Gasteiger partial charge in [-0.2, -0.15) is 0 Å². The standard InChI is InChI=1S/C14H21N3O4/c1-3-4-5-6-8-14(17(19)20,9-7-13(18)21-2)16-11-10-15-12-16/h7,9-12H,3-6,8H2,1-2H3. The Kier molecular flexibility index (Phi) is 6.58. The van der Waals surface area contributed by atoms with Crippen LogP contribution in [0.1, 0.15) is 39.0 Å². The highest BCUT2D eigenvalue weighted by atomic mass is 16.6. The van der Waals surface area contributed by atoms with Crippen LogP contribution in [-0.2, 0) is 15.2 Å². The van der Waals surface area contributed by atoms with E-state index in [1.165, 1.54) is 36.5 Å². The lowest BCUT2D eigenvalue weighted by molar-refractivity contribution is -0.587. The second kappa shape index (κ2) is 8.18. The van der Waals surface area contributed by atoms with Crippen molar-refractivity contribution >= 4 is 5.97 Å². The predicted molar refractivity (Wildman–Crippen MR) is 77.1 cm³/mol. The number of rotatable bonds is 9. The fourth-order valence-electron chi connectivity index (χ4n) is 2.11. The number of methoxy groups -OCH3 is 1. The van der Waals surface area contributed by atoms with Gasteiger partial charge >= 0.3 is 11.6 Å². The normalized spacial score (nSPS) is 14.0. The Labute approximate surface area is 123 Å². The summed E-state index contributed by atoms with van der Waals surface area (Å²) in [5, 5.41) is 11.6. The molecule has 1 rings (SSSR count). The van der Waals surface area contributed by atoms with Gasteiger partial charge in [0.25, 0.3) is 0 Å². The van der Waals surface area contributed by atoms with Crippen LogP contribution in [0, 0.1) is 10.1 Å². The molecule has 0 bridgehead atoms. The second-order valence-electron chi connectivity index (χ2n) is 4.77. The number of ether oxygens (including phenoxy) is 1. The Morgan fingerprint density at radius 3 is 2.76 bits per heavy atom. The number of aromatic nitrogens is 2. The number of carbonyl (C=O) groups is 1. The first-order valence-electron chi connectivity index (χ1n) is 6.97. The molecule has 7 heteroatoms. The summed E-state index contributed by atoms with van der Waals surface area (Å²) in [4.78, 5) is 26.4. The van der Waals surface area contributed by atoms with Gasteiger partial charge in [0.1, 0.15) is 6.33 Å². The Hall–Kier alpha value is -2.18. The van der Waals surface area contributed by atoms with Crippen molar-refractivity contribution in [3.63, 3.8) is 0 Å². The molecule has 0 aliphatic carbocycles. The Balaban J connectivity index is 3.02. The molecule has 0 saturated carbocycles. The number of hydrogen-bond donors (Lipinski definition) is 0.